The van der Waals surface area contributed by atoms with Gasteiger partial charge in [0.25, 0.3) is 0 Å². The quantitative estimate of drug-likeness (QED) is 0.119. The molecule has 0 amide bonds. The highest BCUT2D eigenvalue weighted by atomic mass is 15.1. The molecule has 0 unspecified atom stereocenters. The van der Waals surface area contributed by atoms with Crippen molar-refractivity contribution in [2.45, 2.75) is 0 Å². The Morgan fingerprint density at radius 3 is 0.900 bits per heavy atom. The van der Waals surface area contributed by atoms with Gasteiger partial charge in [-0.15, -0.1) is 0 Å². The highest BCUT2D eigenvalue weighted by Gasteiger charge is 2.17. The highest BCUT2D eigenvalue weighted by molar-refractivity contribution is 6.01. The average molecular weight is 893 g/mol. The molecule has 0 N–H and O–H groups in total. The summed E-state index contributed by atoms with van der Waals surface area (Å²) in [6.45, 7) is 0. The van der Waals surface area contributed by atoms with Crippen LogP contribution >= 0.6 is 0 Å². The number of hydrogen-bond acceptors (Lipinski definition) is 2. The first-order chi connectivity index (χ1) is 34.7. The summed E-state index contributed by atoms with van der Waals surface area (Å²) >= 11 is 0. The van der Waals surface area contributed by atoms with Gasteiger partial charge in [-0.2, -0.15) is 0 Å². The minimum absolute atomic E-state index is 1.11. The first kappa shape index (κ1) is 42.1. The number of benzene rings is 12. The van der Waals surface area contributed by atoms with E-state index in [9.17, 15) is 0 Å². The van der Waals surface area contributed by atoms with Gasteiger partial charge < -0.3 is 9.80 Å². The van der Waals surface area contributed by atoms with E-state index in [2.05, 4.69) is 301 Å². The molecule has 0 saturated carbocycles. The van der Waals surface area contributed by atoms with Gasteiger partial charge in [-0.1, -0.05) is 200 Å². The summed E-state index contributed by atoms with van der Waals surface area (Å²) < 4.78 is 0. The van der Waals surface area contributed by atoms with E-state index in [4.69, 9.17) is 0 Å². The number of nitrogens with zero attached hydrogens (tertiary/aromatic N) is 2. The molecule has 70 heavy (non-hydrogen) atoms. The monoisotopic (exact) mass is 892 g/mol. The molecule has 12 aromatic rings. The van der Waals surface area contributed by atoms with E-state index >= 15 is 0 Å². The van der Waals surface area contributed by atoms with Crippen molar-refractivity contribution in [2.75, 3.05) is 9.80 Å². The summed E-state index contributed by atoms with van der Waals surface area (Å²) in [6, 6.07) is 105. The zero-order valence-corrected chi connectivity index (χ0v) is 38.6. The minimum Gasteiger partial charge on any atom is -0.311 e. The first-order valence-corrected chi connectivity index (χ1v) is 24.0. The van der Waals surface area contributed by atoms with Crippen molar-refractivity contribution in [3.8, 4) is 55.6 Å². The lowest BCUT2D eigenvalue weighted by molar-refractivity contribution is 1.28. The Morgan fingerprint density at radius 1 is 0.171 bits per heavy atom. The van der Waals surface area contributed by atoms with Gasteiger partial charge in [-0.05, 0) is 163 Å². The molecule has 0 atom stereocenters. The Balaban J connectivity index is 0.756. The Labute approximate surface area is 410 Å². The van der Waals surface area contributed by atoms with Gasteiger partial charge in [-0.25, -0.2) is 0 Å². The molecule has 0 radical (unpaired) electrons. The molecule has 0 aliphatic heterocycles. The molecule has 0 saturated heterocycles. The minimum atomic E-state index is 1.11. The second-order valence-electron chi connectivity index (χ2n) is 17.8. The van der Waals surface area contributed by atoms with E-state index in [1.165, 1.54) is 77.2 Å². The largest absolute Gasteiger partial charge is 0.311 e. The molecule has 0 fully saturated rings. The van der Waals surface area contributed by atoms with Gasteiger partial charge in [0.2, 0.25) is 0 Å². The van der Waals surface area contributed by atoms with Crippen LogP contribution in [0, 0.1) is 0 Å². The van der Waals surface area contributed by atoms with E-state index in [1.54, 1.807) is 0 Å². The van der Waals surface area contributed by atoms with E-state index in [0.29, 0.717) is 0 Å². The Hall–Kier alpha value is -9.24. The molecule has 330 valence electrons. The van der Waals surface area contributed by atoms with Crippen LogP contribution in [0.25, 0.3) is 77.2 Å². The van der Waals surface area contributed by atoms with Crippen molar-refractivity contribution in [3.05, 3.63) is 291 Å². The smallest absolute Gasteiger partial charge is 0.0540 e. The van der Waals surface area contributed by atoms with Crippen LogP contribution in [-0.4, -0.2) is 0 Å². The maximum atomic E-state index is 2.35. The SMILES string of the molecule is c1ccc(-c2ccccc2N(c2ccccc2)c2ccc(-c3ccc(-c4ccc5cc6cc(-c7ccc(-c8ccc(N(c9ccccc9)c9ccccc9)cc8)cc7)ccc6cc5c4)cc3)cc2)cc1. The molecule has 0 aliphatic carbocycles. The van der Waals surface area contributed by atoms with Crippen molar-refractivity contribution >= 4 is 55.7 Å². The number of para-hydroxylation sites is 4. The molecular weight excluding hydrogens is 845 g/mol. The Kier molecular flexibility index (Phi) is 11.3. The maximum Gasteiger partial charge on any atom is 0.0540 e. The van der Waals surface area contributed by atoms with E-state index in [1.807, 2.05) is 0 Å². The fraction of sp³-hybridized carbons (Fsp3) is 0. The number of anilines is 6. The predicted molar refractivity (Wildman–Crippen MR) is 298 cm³/mol. The summed E-state index contributed by atoms with van der Waals surface area (Å²) in [5.41, 5.74) is 18.7. The van der Waals surface area contributed by atoms with E-state index in [-0.39, 0.29) is 0 Å². The molecule has 2 heteroatoms. The van der Waals surface area contributed by atoms with Crippen LogP contribution in [-0.2, 0) is 0 Å². The van der Waals surface area contributed by atoms with Crippen molar-refractivity contribution in [2.24, 2.45) is 0 Å². The van der Waals surface area contributed by atoms with Crippen LogP contribution in [0.4, 0.5) is 34.1 Å². The lowest BCUT2D eigenvalue weighted by Crippen LogP contribution is -2.11. The van der Waals surface area contributed by atoms with Crippen molar-refractivity contribution < 1.29 is 0 Å². The van der Waals surface area contributed by atoms with Crippen LogP contribution in [0.2, 0.25) is 0 Å². The zero-order valence-electron chi connectivity index (χ0n) is 38.6. The van der Waals surface area contributed by atoms with Gasteiger partial charge in [0.05, 0.1) is 5.69 Å². The first-order valence-electron chi connectivity index (χ1n) is 24.0. The highest BCUT2D eigenvalue weighted by Crippen LogP contribution is 2.42. The fourth-order valence-electron chi connectivity index (χ4n) is 9.81. The maximum absolute atomic E-state index is 2.35. The number of hydrogen-bond donors (Lipinski definition) is 0. The summed E-state index contributed by atoms with van der Waals surface area (Å²) in [5.74, 6) is 0. The summed E-state index contributed by atoms with van der Waals surface area (Å²) in [5, 5.41) is 4.94. The van der Waals surface area contributed by atoms with Crippen molar-refractivity contribution in [1.82, 2.24) is 0 Å². The normalized spacial score (nSPS) is 11.1. The Morgan fingerprint density at radius 2 is 0.471 bits per heavy atom. The van der Waals surface area contributed by atoms with Crippen LogP contribution in [0.3, 0.4) is 0 Å². The average Bonchev–Trinajstić information content (AvgIpc) is 3.44. The van der Waals surface area contributed by atoms with Gasteiger partial charge in [0, 0.05) is 34.0 Å². The van der Waals surface area contributed by atoms with Crippen LogP contribution in [0.5, 0.6) is 0 Å². The predicted octanol–water partition coefficient (Wildman–Crippen LogP) is 19.3. The van der Waals surface area contributed by atoms with Gasteiger partial charge in [0.15, 0.2) is 0 Å². The lowest BCUT2D eigenvalue weighted by Gasteiger charge is -2.28. The molecule has 0 heterocycles. The zero-order chi connectivity index (χ0) is 46.6. The lowest BCUT2D eigenvalue weighted by atomic mass is 9.95. The number of rotatable bonds is 11. The second kappa shape index (κ2) is 18.8. The van der Waals surface area contributed by atoms with Gasteiger partial charge in [-0.3, -0.25) is 0 Å². The molecule has 2 nitrogen and oxygen atoms in total. The topological polar surface area (TPSA) is 6.48 Å². The Bertz CT molecular complexity index is 3660. The standard InChI is InChI=1S/C68H48N2/c1-5-15-55(16-6-1)67-23-13-14-24-68(67)70(64-21-11-4-12-22-64)66-43-39-52(40-44-66)50-27-31-54(32-28-50)57-34-36-59-47-60-45-56(33-35-58(60)48-61(59)46-57)53-29-25-49(26-30-53)51-37-41-65(42-38-51)69(62-17-7-2-8-18-62)63-19-9-3-10-20-63/h1-48H. The van der Waals surface area contributed by atoms with Crippen molar-refractivity contribution in [3.63, 3.8) is 0 Å². The van der Waals surface area contributed by atoms with Crippen LogP contribution in [0.1, 0.15) is 0 Å². The van der Waals surface area contributed by atoms with E-state index < -0.39 is 0 Å². The van der Waals surface area contributed by atoms with Gasteiger partial charge >= 0.3 is 0 Å². The molecule has 12 aromatic carbocycles. The third-order valence-corrected chi connectivity index (χ3v) is 13.4. The van der Waals surface area contributed by atoms with Crippen LogP contribution < -0.4 is 9.80 Å². The molecule has 0 spiro atoms. The molecule has 0 aliphatic rings. The molecule has 0 aromatic heterocycles. The second-order valence-corrected chi connectivity index (χ2v) is 17.8. The summed E-state index contributed by atoms with van der Waals surface area (Å²) in [4.78, 5) is 4.64. The third-order valence-electron chi connectivity index (χ3n) is 13.4. The number of fused-ring (bicyclic) bond motifs is 2. The third kappa shape index (κ3) is 8.51. The van der Waals surface area contributed by atoms with E-state index in [0.717, 1.165) is 34.1 Å². The van der Waals surface area contributed by atoms with Gasteiger partial charge in [0.1, 0.15) is 0 Å². The molecule has 0 bridgehead atoms. The summed E-state index contributed by atoms with van der Waals surface area (Å²) in [6.07, 6.45) is 0. The van der Waals surface area contributed by atoms with Crippen molar-refractivity contribution in [1.29, 1.82) is 0 Å². The summed E-state index contributed by atoms with van der Waals surface area (Å²) in [7, 11) is 0. The fourth-order valence-corrected chi connectivity index (χ4v) is 9.81. The molecular formula is C68H48N2. The molecule has 12 rings (SSSR count). The van der Waals surface area contributed by atoms with Crippen LogP contribution in [0.15, 0.2) is 291 Å².